The van der Waals surface area contributed by atoms with Crippen molar-refractivity contribution in [2.24, 2.45) is 17.3 Å². The van der Waals surface area contributed by atoms with Gasteiger partial charge in [-0.3, -0.25) is 0 Å². The van der Waals surface area contributed by atoms with Gasteiger partial charge in [-0.25, -0.2) is 0 Å². The molecule has 1 aromatic rings. The quantitative estimate of drug-likeness (QED) is 0.757. The monoisotopic (exact) mass is 286 g/mol. The SMILES string of the molecule is CC12CCC3c4ccc(O)cc4CCCC3C1CCC2O. The second kappa shape index (κ2) is 4.74. The van der Waals surface area contributed by atoms with E-state index < -0.39 is 0 Å². The van der Waals surface area contributed by atoms with E-state index in [1.165, 1.54) is 36.8 Å². The number of hydrogen-bond acceptors (Lipinski definition) is 2. The van der Waals surface area contributed by atoms with Gasteiger partial charge in [0.15, 0.2) is 0 Å². The van der Waals surface area contributed by atoms with Crippen molar-refractivity contribution in [2.45, 2.75) is 63.9 Å². The van der Waals surface area contributed by atoms with Gasteiger partial charge in [0.2, 0.25) is 0 Å². The van der Waals surface area contributed by atoms with Gasteiger partial charge in [-0.1, -0.05) is 13.0 Å². The number of aliphatic hydroxyl groups excluding tert-OH is 1. The van der Waals surface area contributed by atoms with Gasteiger partial charge >= 0.3 is 0 Å². The number of fused-ring (bicyclic) bond motifs is 5. The van der Waals surface area contributed by atoms with Gasteiger partial charge in [-0.2, -0.15) is 0 Å². The molecule has 0 heterocycles. The van der Waals surface area contributed by atoms with Gasteiger partial charge in [0, 0.05) is 0 Å². The lowest BCUT2D eigenvalue weighted by molar-refractivity contribution is -0.0201. The Morgan fingerprint density at radius 2 is 2.00 bits per heavy atom. The molecule has 2 N–H and O–H groups in total. The van der Waals surface area contributed by atoms with E-state index in [9.17, 15) is 10.2 Å². The summed E-state index contributed by atoms with van der Waals surface area (Å²) in [5.41, 5.74) is 3.01. The summed E-state index contributed by atoms with van der Waals surface area (Å²) in [6.45, 7) is 2.33. The van der Waals surface area contributed by atoms with Gasteiger partial charge in [0.25, 0.3) is 0 Å². The highest BCUT2D eigenvalue weighted by Crippen LogP contribution is 2.60. The molecule has 2 fully saturated rings. The standard InChI is InChI=1S/C19H26O2/c1-19-10-9-15-14-6-5-13(20)11-12(14)3-2-4-16(15)17(19)7-8-18(19)21/h5-6,11,15-18,20-21H,2-4,7-10H2,1H3. The van der Waals surface area contributed by atoms with Crippen LogP contribution in [0.4, 0.5) is 0 Å². The molecule has 2 saturated carbocycles. The molecule has 2 heteroatoms. The molecule has 0 amide bonds. The van der Waals surface area contributed by atoms with Crippen molar-refractivity contribution in [3.8, 4) is 5.75 Å². The molecule has 21 heavy (non-hydrogen) atoms. The normalized spacial score (nSPS) is 41.8. The van der Waals surface area contributed by atoms with Crippen molar-refractivity contribution in [3.63, 3.8) is 0 Å². The molecular weight excluding hydrogens is 260 g/mol. The van der Waals surface area contributed by atoms with E-state index in [0.29, 0.717) is 17.6 Å². The smallest absolute Gasteiger partial charge is 0.115 e. The summed E-state index contributed by atoms with van der Waals surface area (Å²) in [6, 6.07) is 6.01. The Labute approximate surface area is 127 Å². The van der Waals surface area contributed by atoms with Crippen molar-refractivity contribution < 1.29 is 10.2 Å². The van der Waals surface area contributed by atoms with E-state index >= 15 is 0 Å². The second-order valence-electron chi connectivity index (χ2n) is 7.79. The molecule has 0 saturated heterocycles. The van der Waals surface area contributed by atoms with E-state index in [4.69, 9.17) is 0 Å². The molecule has 5 atom stereocenters. The molecule has 3 aliphatic carbocycles. The van der Waals surface area contributed by atoms with Crippen molar-refractivity contribution in [1.29, 1.82) is 0 Å². The summed E-state index contributed by atoms with van der Waals surface area (Å²) in [7, 11) is 0. The third kappa shape index (κ3) is 1.95. The van der Waals surface area contributed by atoms with E-state index in [0.717, 1.165) is 25.2 Å². The van der Waals surface area contributed by atoms with Gasteiger partial charge in [-0.05, 0) is 91.4 Å². The average Bonchev–Trinajstić information content (AvgIpc) is 2.66. The topological polar surface area (TPSA) is 40.5 Å². The van der Waals surface area contributed by atoms with Crippen LogP contribution in [0, 0.1) is 17.3 Å². The zero-order valence-corrected chi connectivity index (χ0v) is 12.9. The maximum Gasteiger partial charge on any atom is 0.115 e. The first-order chi connectivity index (χ1) is 10.1. The first-order valence-electron chi connectivity index (χ1n) is 8.59. The van der Waals surface area contributed by atoms with Gasteiger partial charge in [0.1, 0.15) is 5.75 Å². The van der Waals surface area contributed by atoms with Crippen LogP contribution in [-0.2, 0) is 6.42 Å². The number of aliphatic hydroxyl groups is 1. The highest BCUT2D eigenvalue weighted by atomic mass is 16.3. The minimum Gasteiger partial charge on any atom is -0.508 e. The van der Waals surface area contributed by atoms with Crippen molar-refractivity contribution in [1.82, 2.24) is 0 Å². The van der Waals surface area contributed by atoms with Crippen LogP contribution >= 0.6 is 0 Å². The maximum absolute atomic E-state index is 10.4. The van der Waals surface area contributed by atoms with Gasteiger partial charge < -0.3 is 10.2 Å². The van der Waals surface area contributed by atoms with Crippen LogP contribution in [0.15, 0.2) is 18.2 Å². The lowest BCUT2D eigenvalue weighted by Gasteiger charge is -2.47. The molecule has 0 spiro atoms. The Bertz CT molecular complexity index is 552. The Morgan fingerprint density at radius 3 is 2.86 bits per heavy atom. The van der Waals surface area contributed by atoms with E-state index in [1.807, 2.05) is 12.1 Å². The molecule has 0 radical (unpaired) electrons. The Kier molecular flexibility index (Phi) is 3.08. The van der Waals surface area contributed by atoms with Crippen molar-refractivity contribution >= 4 is 0 Å². The predicted molar refractivity (Wildman–Crippen MR) is 83.3 cm³/mol. The molecule has 4 rings (SSSR count). The van der Waals surface area contributed by atoms with Crippen LogP contribution in [0.25, 0.3) is 0 Å². The molecule has 0 aliphatic heterocycles. The summed E-state index contributed by atoms with van der Waals surface area (Å²) >= 11 is 0. The molecule has 2 nitrogen and oxygen atoms in total. The molecular formula is C19H26O2. The summed E-state index contributed by atoms with van der Waals surface area (Å²) in [6.07, 6.45) is 8.06. The zero-order valence-electron chi connectivity index (χ0n) is 12.9. The molecule has 0 aromatic heterocycles. The van der Waals surface area contributed by atoms with Crippen LogP contribution in [0.1, 0.15) is 62.5 Å². The number of rotatable bonds is 0. The molecule has 114 valence electrons. The number of aromatic hydroxyl groups is 1. The fourth-order valence-corrected chi connectivity index (χ4v) is 5.75. The highest BCUT2D eigenvalue weighted by molar-refractivity contribution is 5.39. The minimum atomic E-state index is -0.0917. The van der Waals surface area contributed by atoms with Crippen LogP contribution in [0.3, 0.4) is 0 Å². The summed E-state index contributed by atoms with van der Waals surface area (Å²) in [5, 5.41) is 20.2. The predicted octanol–water partition coefficient (Wildman–Crippen LogP) is 4.00. The molecule has 5 unspecified atom stereocenters. The Hall–Kier alpha value is -1.02. The zero-order chi connectivity index (χ0) is 14.6. The highest BCUT2D eigenvalue weighted by Gasteiger charge is 2.53. The Morgan fingerprint density at radius 1 is 1.14 bits per heavy atom. The minimum absolute atomic E-state index is 0.0917. The van der Waals surface area contributed by atoms with E-state index in [1.54, 1.807) is 0 Å². The van der Waals surface area contributed by atoms with E-state index in [-0.39, 0.29) is 11.5 Å². The summed E-state index contributed by atoms with van der Waals surface area (Å²) < 4.78 is 0. The van der Waals surface area contributed by atoms with Crippen LogP contribution in [0.2, 0.25) is 0 Å². The number of benzene rings is 1. The third-order valence-electron chi connectivity index (χ3n) is 6.90. The second-order valence-corrected chi connectivity index (χ2v) is 7.79. The van der Waals surface area contributed by atoms with Crippen molar-refractivity contribution in [2.75, 3.05) is 0 Å². The first-order valence-corrected chi connectivity index (χ1v) is 8.59. The van der Waals surface area contributed by atoms with Crippen LogP contribution in [0.5, 0.6) is 5.75 Å². The lowest BCUT2D eigenvalue weighted by atomic mass is 9.58. The van der Waals surface area contributed by atoms with Crippen molar-refractivity contribution in [3.05, 3.63) is 29.3 Å². The Balaban J connectivity index is 1.73. The molecule has 0 bridgehead atoms. The largest absolute Gasteiger partial charge is 0.508 e. The fraction of sp³-hybridized carbons (Fsp3) is 0.684. The lowest BCUT2D eigenvalue weighted by Crippen LogP contribution is -2.42. The average molecular weight is 286 g/mol. The third-order valence-corrected chi connectivity index (χ3v) is 6.90. The summed E-state index contributed by atoms with van der Waals surface area (Å²) in [5.74, 6) is 2.47. The first kappa shape index (κ1) is 13.6. The fourth-order valence-electron chi connectivity index (χ4n) is 5.75. The number of phenols is 1. The molecule has 1 aromatic carbocycles. The number of aryl methyl sites for hydroxylation is 1. The number of hydrogen-bond donors (Lipinski definition) is 2. The van der Waals surface area contributed by atoms with Gasteiger partial charge in [0.05, 0.1) is 6.10 Å². The van der Waals surface area contributed by atoms with E-state index in [2.05, 4.69) is 13.0 Å². The van der Waals surface area contributed by atoms with Crippen LogP contribution in [-0.4, -0.2) is 16.3 Å². The number of phenolic OH excluding ortho intramolecular Hbond substituents is 1. The van der Waals surface area contributed by atoms with Gasteiger partial charge in [-0.15, -0.1) is 0 Å². The summed E-state index contributed by atoms with van der Waals surface area (Å²) in [4.78, 5) is 0. The van der Waals surface area contributed by atoms with Crippen LogP contribution < -0.4 is 0 Å². The molecule has 3 aliphatic rings. The maximum atomic E-state index is 10.4.